The molecule has 0 N–H and O–H groups in total. The molecule has 0 radical (unpaired) electrons. The second kappa shape index (κ2) is 10.8. The average molecular weight is 515 g/mol. The lowest BCUT2D eigenvalue weighted by atomic mass is 9.91. The van der Waals surface area contributed by atoms with Crippen molar-refractivity contribution in [3.63, 3.8) is 0 Å². The highest BCUT2D eigenvalue weighted by Crippen LogP contribution is 2.36. The number of halogens is 2. The maximum atomic E-state index is 14.5. The van der Waals surface area contributed by atoms with Gasteiger partial charge in [-0.2, -0.15) is 0 Å². The molecular formula is C26H32F2N6O3. The Balaban J connectivity index is 1.60. The van der Waals surface area contributed by atoms with E-state index in [2.05, 4.69) is 15.0 Å². The molecule has 3 aromatic rings. The lowest BCUT2D eigenvalue weighted by molar-refractivity contribution is -0.142. The molecule has 0 spiro atoms. The number of aromatic nitrogens is 5. The number of anilines is 1. The van der Waals surface area contributed by atoms with E-state index in [-0.39, 0.29) is 18.3 Å². The van der Waals surface area contributed by atoms with Gasteiger partial charge in [-0.3, -0.25) is 9.59 Å². The summed E-state index contributed by atoms with van der Waals surface area (Å²) in [5.41, 5.74) is 3.91. The van der Waals surface area contributed by atoms with E-state index in [1.807, 2.05) is 17.7 Å². The highest BCUT2D eigenvalue weighted by atomic mass is 19.3. The van der Waals surface area contributed by atoms with Crippen molar-refractivity contribution in [3.8, 4) is 11.4 Å². The Hall–Kier alpha value is -3.63. The van der Waals surface area contributed by atoms with Crippen LogP contribution in [0, 0.1) is 12.8 Å². The molecule has 0 unspecified atom stereocenters. The van der Waals surface area contributed by atoms with Crippen LogP contribution in [0.2, 0.25) is 0 Å². The third-order valence-electron chi connectivity index (χ3n) is 6.66. The van der Waals surface area contributed by atoms with Gasteiger partial charge in [-0.25, -0.2) is 18.4 Å². The van der Waals surface area contributed by atoms with Crippen LogP contribution in [0.5, 0.6) is 0 Å². The van der Waals surface area contributed by atoms with Gasteiger partial charge in [0.05, 0.1) is 49.4 Å². The van der Waals surface area contributed by atoms with Crippen molar-refractivity contribution in [1.82, 2.24) is 24.5 Å². The van der Waals surface area contributed by atoms with Crippen molar-refractivity contribution in [2.45, 2.75) is 52.0 Å². The van der Waals surface area contributed by atoms with E-state index >= 15 is 0 Å². The molecule has 3 aromatic heterocycles. The van der Waals surface area contributed by atoms with Gasteiger partial charge in [-0.1, -0.05) is 18.6 Å². The molecule has 0 amide bonds. The lowest BCUT2D eigenvalue weighted by Gasteiger charge is -2.39. The number of alkyl halides is 2. The van der Waals surface area contributed by atoms with E-state index in [0.717, 1.165) is 17.7 Å². The smallest absolute Gasteiger partial charge is 0.305 e. The van der Waals surface area contributed by atoms with Gasteiger partial charge in [0, 0.05) is 44.0 Å². The summed E-state index contributed by atoms with van der Waals surface area (Å²) in [6.45, 7) is 4.12. The lowest BCUT2D eigenvalue weighted by Crippen LogP contribution is -2.48. The minimum atomic E-state index is -2.92. The number of pyridine rings is 2. The minimum absolute atomic E-state index is 0.0199. The molecule has 9 nitrogen and oxygen atoms in total. The predicted octanol–water partition coefficient (Wildman–Crippen LogP) is 3.37. The first-order chi connectivity index (χ1) is 17.6. The second-order valence-corrected chi connectivity index (χ2v) is 9.65. The molecule has 1 aliphatic heterocycles. The van der Waals surface area contributed by atoms with Gasteiger partial charge in [-0.15, -0.1) is 5.10 Å². The Labute approximate surface area is 214 Å². The number of ether oxygens (including phenoxy) is 1. The zero-order valence-corrected chi connectivity index (χ0v) is 21.6. The summed E-state index contributed by atoms with van der Waals surface area (Å²) in [5.74, 6) is -3.93. The number of hydrogen-bond donors (Lipinski definition) is 0. The molecule has 0 saturated carbocycles. The third kappa shape index (κ3) is 6.03. The number of carbonyl (C=O) groups excluding carboxylic acids is 1. The van der Waals surface area contributed by atoms with E-state index < -0.39 is 24.4 Å². The minimum Gasteiger partial charge on any atom is -0.469 e. The van der Waals surface area contributed by atoms with Crippen LogP contribution in [-0.4, -0.2) is 56.6 Å². The summed E-state index contributed by atoms with van der Waals surface area (Å²) < 4.78 is 37.3. The topological polar surface area (TPSA) is 95.1 Å². The number of nitrogens with zero attached hydrogens (tertiary/aromatic N) is 6. The van der Waals surface area contributed by atoms with Crippen molar-refractivity contribution in [1.29, 1.82) is 0 Å². The summed E-state index contributed by atoms with van der Waals surface area (Å²) >= 11 is 0. The van der Waals surface area contributed by atoms with Crippen LogP contribution in [0.1, 0.15) is 43.1 Å². The third-order valence-corrected chi connectivity index (χ3v) is 6.66. The quantitative estimate of drug-likeness (QED) is 0.426. The van der Waals surface area contributed by atoms with Gasteiger partial charge >= 0.3 is 5.97 Å². The summed E-state index contributed by atoms with van der Waals surface area (Å²) in [6, 6.07) is 5.09. The van der Waals surface area contributed by atoms with Gasteiger partial charge in [0.2, 0.25) is 0 Å². The van der Waals surface area contributed by atoms with Gasteiger partial charge in [0.25, 0.3) is 5.92 Å². The van der Waals surface area contributed by atoms with Gasteiger partial charge < -0.3 is 14.2 Å². The Morgan fingerprint density at radius 3 is 2.76 bits per heavy atom. The first kappa shape index (κ1) is 26.4. The zero-order chi connectivity index (χ0) is 26.7. The van der Waals surface area contributed by atoms with Crippen LogP contribution >= 0.6 is 0 Å². The van der Waals surface area contributed by atoms with Crippen molar-refractivity contribution >= 4 is 11.7 Å². The van der Waals surface area contributed by atoms with Gasteiger partial charge in [0.15, 0.2) is 5.43 Å². The number of esters is 1. The Kier molecular flexibility index (Phi) is 7.70. The highest BCUT2D eigenvalue weighted by molar-refractivity contribution is 5.69. The average Bonchev–Trinajstić information content (AvgIpc) is 3.20. The Morgan fingerprint density at radius 2 is 2.05 bits per heavy atom. The normalized spacial score (nSPS) is 17.1. The fraction of sp³-hybridized carbons (Fsp3) is 0.500. The van der Waals surface area contributed by atoms with Crippen LogP contribution in [0.3, 0.4) is 0 Å². The van der Waals surface area contributed by atoms with Crippen molar-refractivity contribution in [3.05, 3.63) is 57.8 Å². The fourth-order valence-corrected chi connectivity index (χ4v) is 4.92. The molecule has 4 heterocycles. The number of carbonyl (C=O) groups is 1. The Bertz CT molecular complexity index is 1340. The van der Waals surface area contributed by atoms with E-state index in [9.17, 15) is 18.4 Å². The van der Waals surface area contributed by atoms with Crippen LogP contribution in [-0.2, 0) is 29.5 Å². The SMILES string of the molecule is CCCc1cn(Cc2c(-c3ccc(N4C[C@@H](CC(=O)OC)CC(F)(F)C4)c(C)n3)nnn2C)ccc1=O. The summed E-state index contributed by atoms with van der Waals surface area (Å²) in [4.78, 5) is 30.1. The summed E-state index contributed by atoms with van der Waals surface area (Å²) in [6.07, 6.45) is 4.76. The monoisotopic (exact) mass is 514 g/mol. The molecular weight excluding hydrogens is 482 g/mol. The van der Waals surface area contributed by atoms with Crippen LogP contribution in [0.15, 0.2) is 35.4 Å². The molecule has 1 fully saturated rings. The second-order valence-electron chi connectivity index (χ2n) is 9.65. The molecule has 1 aliphatic rings. The summed E-state index contributed by atoms with van der Waals surface area (Å²) in [5, 5.41) is 8.48. The molecule has 0 bridgehead atoms. The first-order valence-electron chi connectivity index (χ1n) is 12.3. The standard InChI is InChI=1S/C26H32F2N6O3/c1-5-6-19-14-33(10-9-23(19)35)15-22-25(30-31-32(22)3)20-7-8-21(17(2)29-20)34-13-18(11-24(36)37-4)12-26(27,28)16-34/h7-10,14,18H,5-6,11-13,15-16H2,1-4H3/t18-/m0/s1. The fourth-order valence-electron chi connectivity index (χ4n) is 4.92. The number of aryl methyl sites for hydroxylation is 3. The first-order valence-corrected chi connectivity index (χ1v) is 12.3. The van der Waals surface area contributed by atoms with E-state index in [0.29, 0.717) is 42.3 Å². The molecule has 1 atom stereocenters. The molecule has 0 aromatic carbocycles. The maximum absolute atomic E-state index is 14.5. The molecule has 1 saturated heterocycles. The Morgan fingerprint density at radius 1 is 1.27 bits per heavy atom. The number of hydrogen-bond acceptors (Lipinski definition) is 7. The van der Waals surface area contributed by atoms with Gasteiger partial charge in [-0.05, 0) is 31.4 Å². The van der Waals surface area contributed by atoms with Crippen LogP contribution in [0.4, 0.5) is 14.5 Å². The van der Waals surface area contributed by atoms with Crippen molar-refractivity contribution in [2.24, 2.45) is 13.0 Å². The van der Waals surface area contributed by atoms with Crippen LogP contribution in [0.25, 0.3) is 11.4 Å². The van der Waals surface area contributed by atoms with Crippen LogP contribution < -0.4 is 10.3 Å². The van der Waals surface area contributed by atoms with E-state index in [1.165, 1.54) is 7.11 Å². The van der Waals surface area contributed by atoms with E-state index in [4.69, 9.17) is 4.98 Å². The molecule has 198 valence electrons. The largest absolute Gasteiger partial charge is 0.469 e. The number of rotatable bonds is 8. The molecule has 4 rings (SSSR count). The van der Waals surface area contributed by atoms with Crippen molar-refractivity contribution < 1.29 is 18.3 Å². The van der Waals surface area contributed by atoms with Crippen molar-refractivity contribution in [2.75, 3.05) is 25.1 Å². The molecule has 0 aliphatic carbocycles. The zero-order valence-electron chi connectivity index (χ0n) is 21.6. The highest BCUT2D eigenvalue weighted by Gasteiger charge is 2.41. The van der Waals surface area contributed by atoms with E-state index in [1.54, 1.807) is 47.9 Å². The molecule has 11 heteroatoms. The number of methoxy groups -OCH3 is 1. The maximum Gasteiger partial charge on any atom is 0.305 e. The molecule has 37 heavy (non-hydrogen) atoms. The van der Waals surface area contributed by atoms with Gasteiger partial charge in [0.1, 0.15) is 5.69 Å². The number of piperidine rings is 1. The predicted molar refractivity (Wildman–Crippen MR) is 135 cm³/mol. The summed E-state index contributed by atoms with van der Waals surface area (Å²) in [7, 11) is 3.05.